The lowest BCUT2D eigenvalue weighted by Gasteiger charge is -2.24. The molecule has 0 radical (unpaired) electrons. The second kappa shape index (κ2) is 7.57. The normalized spacial score (nSPS) is 18.1. The predicted molar refractivity (Wildman–Crippen MR) is 115 cm³/mol. The van der Waals surface area contributed by atoms with Gasteiger partial charge in [-0.05, 0) is 34.5 Å². The number of nitrogens with zero attached hydrogens (tertiary/aromatic N) is 2. The number of hydrogen-bond acceptors (Lipinski definition) is 5. The molecule has 1 atom stereocenters. The van der Waals surface area contributed by atoms with Gasteiger partial charge in [0.05, 0.1) is 24.4 Å². The number of hydrogen-bond donors (Lipinski definition) is 1. The Balaban J connectivity index is 1.71. The van der Waals surface area contributed by atoms with Crippen LogP contribution in [0.5, 0.6) is 0 Å². The molecule has 3 heterocycles. The number of pyridine rings is 1. The van der Waals surface area contributed by atoms with Gasteiger partial charge in [-0.1, -0.05) is 48.5 Å². The number of amides is 1. The van der Waals surface area contributed by atoms with Crippen LogP contribution in [-0.4, -0.2) is 26.7 Å². The van der Waals surface area contributed by atoms with Crippen LogP contribution in [0.15, 0.2) is 95.4 Å². The van der Waals surface area contributed by atoms with E-state index in [2.05, 4.69) is 4.98 Å². The summed E-state index contributed by atoms with van der Waals surface area (Å²) in [6, 6.07) is 19.3. The number of aliphatic hydroxyl groups excluding tert-OH is 1. The molecule has 6 heteroatoms. The predicted octanol–water partition coefficient (Wildman–Crippen LogP) is 4.45. The summed E-state index contributed by atoms with van der Waals surface area (Å²) >= 11 is 0. The van der Waals surface area contributed by atoms with Gasteiger partial charge in [-0.2, -0.15) is 0 Å². The molecule has 152 valence electrons. The Morgan fingerprint density at radius 3 is 2.61 bits per heavy atom. The van der Waals surface area contributed by atoms with E-state index < -0.39 is 17.7 Å². The zero-order chi connectivity index (χ0) is 21.4. The Morgan fingerprint density at radius 2 is 1.84 bits per heavy atom. The molecular weight excluding hydrogens is 392 g/mol. The first kappa shape index (κ1) is 18.8. The Morgan fingerprint density at radius 1 is 1.00 bits per heavy atom. The van der Waals surface area contributed by atoms with Gasteiger partial charge >= 0.3 is 0 Å². The van der Waals surface area contributed by atoms with Crippen molar-refractivity contribution in [2.24, 2.45) is 0 Å². The highest BCUT2D eigenvalue weighted by Gasteiger charge is 2.46. The fourth-order valence-electron chi connectivity index (χ4n) is 4.07. The molecular formula is C25H18N2O4. The van der Waals surface area contributed by atoms with Crippen LogP contribution in [0.1, 0.15) is 22.9 Å². The number of benzene rings is 2. The topological polar surface area (TPSA) is 83.6 Å². The van der Waals surface area contributed by atoms with Crippen LogP contribution in [0.4, 0.5) is 0 Å². The maximum Gasteiger partial charge on any atom is 0.296 e. The third-order valence-electron chi connectivity index (χ3n) is 5.49. The van der Waals surface area contributed by atoms with Gasteiger partial charge in [-0.15, -0.1) is 0 Å². The minimum Gasteiger partial charge on any atom is -0.507 e. The van der Waals surface area contributed by atoms with Crippen molar-refractivity contribution in [3.8, 4) is 0 Å². The first-order valence-electron chi connectivity index (χ1n) is 9.84. The van der Waals surface area contributed by atoms with E-state index in [4.69, 9.17) is 4.42 Å². The largest absolute Gasteiger partial charge is 0.507 e. The lowest BCUT2D eigenvalue weighted by atomic mass is 9.94. The van der Waals surface area contributed by atoms with E-state index in [0.29, 0.717) is 16.9 Å². The number of rotatable bonds is 4. The fraction of sp³-hybridized carbons (Fsp3) is 0.0800. The number of carbonyl (C=O) groups is 2. The van der Waals surface area contributed by atoms with E-state index in [1.54, 1.807) is 42.7 Å². The highest BCUT2D eigenvalue weighted by atomic mass is 16.3. The van der Waals surface area contributed by atoms with Crippen molar-refractivity contribution < 1.29 is 19.1 Å². The molecule has 0 saturated carbocycles. The van der Waals surface area contributed by atoms with Crippen LogP contribution in [0.3, 0.4) is 0 Å². The summed E-state index contributed by atoms with van der Waals surface area (Å²) in [5.74, 6) is -1.08. The van der Waals surface area contributed by atoms with Crippen molar-refractivity contribution in [3.63, 3.8) is 0 Å². The quantitative estimate of drug-likeness (QED) is 0.305. The maximum absolute atomic E-state index is 13.1. The second-order valence-electron chi connectivity index (χ2n) is 7.32. The monoisotopic (exact) mass is 410 g/mol. The molecule has 2 aromatic carbocycles. The molecule has 2 aromatic heterocycles. The van der Waals surface area contributed by atoms with Crippen molar-refractivity contribution in [1.82, 2.24) is 9.88 Å². The van der Waals surface area contributed by atoms with E-state index in [1.807, 2.05) is 36.4 Å². The van der Waals surface area contributed by atoms with Crippen molar-refractivity contribution in [2.75, 3.05) is 0 Å². The number of Topliss-reactive ketones (excluding diaryl/α,β-unsaturated/α-hetero) is 1. The van der Waals surface area contributed by atoms with Crippen LogP contribution in [0, 0.1) is 0 Å². The molecule has 4 aromatic rings. The number of fused-ring (bicyclic) bond motifs is 1. The minimum atomic E-state index is -0.780. The highest BCUT2D eigenvalue weighted by Crippen LogP contribution is 2.41. The lowest BCUT2D eigenvalue weighted by molar-refractivity contribution is -0.140. The van der Waals surface area contributed by atoms with Gasteiger partial charge in [0.1, 0.15) is 11.5 Å². The fourth-order valence-corrected chi connectivity index (χ4v) is 4.07. The van der Waals surface area contributed by atoms with E-state index in [1.165, 1.54) is 11.2 Å². The summed E-state index contributed by atoms with van der Waals surface area (Å²) in [7, 11) is 0. The molecule has 1 fully saturated rings. The van der Waals surface area contributed by atoms with Crippen molar-refractivity contribution in [1.29, 1.82) is 0 Å². The number of likely N-dealkylation sites (tertiary alicyclic amines) is 1. The SMILES string of the molecule is O=C1C(=O)N(Cc2ccco2)C(c2cccnc2)/C1=C(/O)c1cccc2ccccc12. The van der Waals surface area contributed by atoms with Gasteiger partial charge in [0.15, 0.2) is 0 Å². The van der Waals surface area contributed by atoms with Gasteiger partial charge in [0, 0.05) is 18.0 Å². The average Bonchev–Trinajstić information content (AvgIpc) is 3.41. The summed E-state index contributed by atoms with van der Waals surface area (Å²) in [4.78, 5) is 31.7. The highest BCUT2D eigenvalue weighted by molar-refractivity contribution is 6.46. The molecule has 31 heavy (non-hydrogen) atoms. The number of carbonyl (C=O) groups excluding carboxylic acids is 2. The van der Waals surface area contributed by atoms with Crippen LogP contribution in [0.2, 0.25) is 0 Å². The minimum absolute atomic E-state index is 0.0425. The Hall–Kier alpha value is -4.19. The van der Waals surface area contributed by atoms with Gasteiger partial charge in [0.2, 0.25) is 0 Å². The first-order chi connectivity index (χ1) is 15.1. The maximum atomic E-state index is 13.1. The molecule has 5 rings (SSSR count). The summed E-state index contributed by atoms with van der Waals surface area (Å²) in [6.45, 7) is 0.101. The van der Waals surface area contributed by atoms with E-state index in [-0.39, 0.29) is 17.9 Å². The molecule has 1 aliphatic heterocycles. The van der Waals surface area contributed by atoms with E-state index >= 15 is 0 Å². The Labute approximate surface area is 178 Å². The number of aliphatic hydroxyl groups is 1. The third kappa shape index (κ3) is 3.18. The summed E-state index contributed by atoms with van der Waals surface area (Å²) in [5, 5.41) is 13.0. The van der Waals surface area contributed by atoms with Crippen LogP contribution >= 0.6 is 0 Å². The number of ketones is 1. The molecule has 0 aliphatic carbocycles. The van der Waals surface area contributed by atoms with Gasteiger partial charge in [0.25, 0.3) is 11.7 Å². The van der Waals surface area contributed by atoms with Gasteiger partial charge < -0.3 is 14.4 Å². The lowest BCUT2D eigenvalue weighted by Crippen LogP contribution is -2.29. The van der Waals surface area contributed by atoms with Gasteiger partial charge in [-0.25, -0.2) is 0 Å². The van der Waals surface area contributed by atoms with E-state index in [9.17, 15) is 14.7 Å². The first-order valence-corrected chi connectivity index (χ1v) is 9.84. The summed E-state index contributed by atoms with van der Waals surface area (Å²) in [5.41, 5.74) is 1.18. The van der Waals surface area contributed by atoms with Crippen molar-refractivity contribution in [2.45, 2.75) is 12.6 Å². The molecule has 6 nitrogen and oxygen atoms in total. The zero-order valence-electron chi connectivity index (χ0n) is 16.4. The molecule has 0 bridgehead atoms. The molecule has 1 saturated heterocycles. The van der Waals surface area contributed by atoms with E-state index in [0.717, 1.165) is 10.8 Å². The standard InChI is InChI=1S/C25H18N2O4/c28-23(20-11-3-7-16-6-1-2-10-19(16)20)21-22(17-8-4-12-26-14-17)27(25(30)24(21)29)15-18-9-5-13-31-18/h1-14,22,28H,15H2/b23-21-. The van der Waals surface area contributed by atoms with Crippen molar-refractivity contribution >= 4 is 28.2 Å². The molecule has 0 spiro atoms. The molecule has 1 aliphatic rings. The zero-order valence-corrected chi connectivity index (χ0v) is 16.4. The Kier molecular flexibility index (Phi) is 4.59. The number of furan rings is 1. The van der Waals surface area contributed by atoms with Gasteiger partial charge in [-0.3, -0.25) is 14.6 Å². The number of aromatic nitrogens is 1. The smallest absolute Gasteiger partial charge is 0.296 e. The summed E-state index contributed by atoms with van der Waals surface area (Å²) < 4.78 is 5.40. The Bertz CT molecular complexity index is 1300. The average molecular weight is 410 g/mol. The molecule has 1 amide bonds. The molecule has 1 N–H and O–H groups in total. The summed E-state index contributed by atoms with van der Waals surface area (Å²) in [6.07, 6.45) is 4.73. The van der Waals surface area contributed by atoms with Crippen LogP contribution in [-0.2, 0) is 16.1 Å². The molecule has 1 unspecified atom stereocenters. The second-order valence-corrected chi connectivity index (χ2v) is 7.32. The third-order valence-corrected chi connectivity index (χ3v) is 5.49. The van der Waals surface area contributed by atoms with Crippen LogP contribution < -0.4 is 0 Å². The van der Waals surface area contributed by atoms with Crippen molar-refractivity contribution in [3.05, 3.63) is 108 Å². The van der Waals surface area contributed by atoms with Crippen LogP contribution in [0.25, 0.3) is 16.5 Å².